The summed E-state index contributed by atoms with van der Waals surface area (Å²) in [5.74, 6) is 1.18. The lowest BCUT2D eigenvalue weighted by molar-refractivity contribution is -0.111. The molecule has 0 atom stereocenters. The van der Waals surface area contributed by atoms with Crippen LogP contribution in [0.1, 0.15) is 6.92 Å². The van der Waals surface area contributed by atoms with Crippen LogP contribution >= 0.6 is 0 Å². The molecule has 72 valence electrons. The molecular weight excluding hydrogens is 180 g/mol. The van der Waals surface area contributed by atoms with Crippen LogP contribution in [0.2, 0.25) is 0 Å². The number of ketones is 1. The molecule has 14 heavy (non-hydrogen) atoms. The molecule has 2 rings (SSSR count). The van der Waals surface area contributed by atoms with Gasteiger partial charge in [0, 0.05) is 7.05 Å². The summed E-state index contributed by atoms with van der Waals surface area (Å²) in [6.07, 6.45) is 6.74. The molecule has 0 unspecified atom stereocenters. The Kier molecular flexibility index (Phi) is 1.96. The van der Waals surface area contributed by atoms with E-state index in [-0.39, 0.29) is 5.78 Å². The Labute approximate surface area is 81.8 Å². The van der Waals surface area contributed by atoms with Crippen molar-refractivity contribution in [1.29, 1.82) is 0 Å². The highest BCUT2D eigenvalue weighted by atomic mass is 16.7. The number of carbonyl (C=O) groups is 1. The van der Waals surface area contributed by atoms with E-state index < -0.39 is 0 Å². The van der Waals surface area contributed by atoms with Gasteiger partial charge in [-0.2, -0.15) is 0 Å². The van der Waals surface area contributed by atoms with Crippen molar-refractivity contribution < 1.29 is 9.63 Å². The van der Waals surface area contributed by atoms with Gasteiger partial charge in [-0.05, 0) is 19.1 Å². The summed E-state index contributed by atoms with van der Waals surface area (Å²) >= 11 is 0. The predicted octanol–water partition coefficient (Wildman–Crippen LogP) is 1.19. The molecule has 0 amide bonds. The van der Waals surface area contributed by atoms with Crippen LogP contribution in [0, 0.1) is 0 Å². The molecule has 1 aliphatic heterocycles. The van der Waals surface area contributed by atoms with Crippen molar-refractivity contribution in [3.8, 4) is 0 Å². The Morgan fingerprint density at radius 3 is 2.64 bits per heavy atom. The van der Waals surface area contributed by atoms with Crippen molar-refractivity contribution in [1.82, 2.24) is 4.90 Å². The molecule has 0 N–H and O–H groups in total. The van der Waals surface area contributed by atoms with Crippen molar-refractivity contribution in [2.24, 2.45) is 5.16 Å². The Morgan fingerprint density at radius 1 is 1.36 bits per heavy atom. The third-order valence-corrected chi connectivity index (χ3v) is 2.17. The van der Waals surface area contributed by atoms with Crippen molar-refractivity contribution in [3.63, 3.8) is 0 Å². The third-order valence-electron chi connectivity index (χ3n) is 2.17. The maximum Gasteiger partial charge on any atom is 0.242 e. The van der Waals surface area contributed by atoms with E-state index in [0.29, 0.717) is 11.5 Å². The van der Waals surface area contributed by atoms with Crippen molar-refractivity contribution in [2.75, 3.05) is 7.05 Å². The summed E-state index contributed by atoms with van der Waals surface area (Å²) < 4.78 is 0. The van der Waals surface area contributed by atoms with E-state index in [9.17, 15) is 4.79 Å². The van der Waals surface area contributed by atoms with E-state index in [2.05, 4.69) is 5.16 Å². The van der Waals surface area contributed by atoms with E-state index in [1.807, 2.05) is 14.0 Å². The molecule has 0 saturated heterocycles. The van der Waals surface area contributed by atoms with Crippen LogP contribution in [0.25, 0.3) is 0 Å². The first-order chi connectivity index (χ1) is 6.70. The fourth-order valence-corrected chi connectivity index (χ4v) is 1.25. The number of hydrogen-bond acceptors (Lipinski definition) is 4. The first-order valence-electron chi connectivity index (χ1n) is 4.29. The number of carbonyl (C=O) groups excluding carboxylic acids is 1. The lowest BCUT2D eigenvalue weighted by Crippen LogP contribution is -2.21. The van der Waals surface area contributed by atoms with Crippen molar-refractivity contribution in [2.45, 2.75) is 6.92 Å². The van der Waals surface area contributed by atoms with Crippen LogP contribution in [0.15, 0.2) is 40.9 Å². The van der Waals surface area contributed by atoms with E-state index in [0.717, 1.165) is 5.84 Å². The van der Waals surface area contributed by atoms with Crippen molar-refractivity contribution in [3.05, 3.63) is 35.8 Å². The molecule has 0 radical (unpaired) electrons. The van der Waals surface area contributed by atoms with E-state index in [1.54, 1.807) is 23.1 Å². The molecule has 0 bridgehead atoms. The van der Waals surface area contributed by atoms with Gasteiger partial charge in [0.15, 0.2) is 5.78 Å². The molecule has 2 aliphatic rings. The van der Waals surface area contributed by atoms with Gasteiger partial charge in [0.25, 0.3) is 0 Å². The second-order valence-corrected chi connectivity index (χ2v) is 3.09. The number of oxime groups is 1. The maximum absolute atomic E-state index is 11.5. The van der Waals surface area contributed by atoms with Crippen LogP contribution in [0.4, 0.5) is 0 Å². The summed E-state index contributed by atoms with van der Waals surface area (Å²) in [6.45, 7) is 1.82. The van der Waals surface area contributed by atoms with E-state index >= 15 is 0 Å². The molecule has 4 nitrogen and oxygen atoms in total. The van der Waals surface area contributed by atoms with Crippen LogP contribution in [0.5, 0.6) is 0 Å². The Balaban J connectivity index is 2.39. The molecule has 1 heterocycles. The zero-order valence-corrected chi connectivity index (χ0v) is 8.02. The van der Waals surface area contributed by atoms with Crippen LogP contribution < -0.4 is 0 Å². The van der Waals surface area contributed by atoms with E-state index in [1.165, 1.54) is 6.08 Å². The van der Waals surface area contributed by atoms with Crippen LogP contribution in [-0.4, -0.2) is 23.6 Å². The Morgan fingerprint density at radius 2 is 2.07 bits per heavy atom. The lowest BCUT2D eigenvalue weighted by atomic mass is 10.1. The van der Waals surface area contributed by atoms with Gasteiger partial charge in [-0.1, -0.05) is 17.3 Å². The molecule has 0 spiro atoms. The number of hydrogen-bond donors (Lipinski definition) is 0. The monoisotopic (exact) mass is 190 g/mol. The minimum atomic E-state index is -0.0562. The Hall–Kier alpha value is -1.84. The zero-order chi connectivity index (χ0) is 10.1. The number of amidine groups is 1. The van der Waals surface area contributed by atoms with Gasteiger partial charge >= 0.3 is 0 Å². The van der Waals surface area contributed by atoms with Crippen LogP contribution in [0.3, 0.4) is 0 Å². The predicted molar refractivity (Wildman–Crippen MR) is 52.3 cm³/mol. The number of nitrogens with zero attached hydrogens (tertiary/aromatic N) is 2. The first-order valence-corrected chi connectivity index (χ1v) is 4.29. The summed E-state index contributed by atoms with van der Waals surface area (Å²) in [7, 11) is 1.81. The normalized spacial score (nSPS) is 25.4. The van der Waals surface area contributed by atoms with Gasteiger partial charge in [-0.15, -0.1) is 0 Å². The average Bonchev–Trinajstić information content (AvgIpc) is 2.49. The summed E-state index contributed by atoms with van der Waals surface area (Å²) in [5, 5.41) is 3.78. The molecule has 0 aromatic carbocycles. The van der Waals surface area contributed by atoms with Crippen LogP contribution in [-0.2, 0) is 9.63 Å². The highest BCUT2D eigenvalue weighted by Gasteiger charge is 2.24. The number of rotatable bonds is 0. The van der Waals surface area contributed by atoms with Gasteiger partial charge in [0.1, 0.15) is 5.84 Å². The van der Waals surface area contributed by atoms with Gasteiger partial charge in [0.05, 0.1) is 5.57 Å². The standard InChI is InChI=1S/C10H10N2O2/c1-7-11-14-10(12(7)2)8-5-3-4-6-9(8)13/h3-6H,1-2H3/b10-8+. The maximum atomic E-state index is 11.5. The molecule has 0 fully saturated rings. The molecule has 0 aromatic rings. The highest BCUT2D eigenvalue weighted by Crippen LogP contribution is 2.21. The SMILES string of the molecule is CC1=NO/C(=C2\C=CC=CC2=O)N1C. The molecule has 1 aliphatic carbocycles. The van der Waals surface area contributed by atoms with Gasteiger partial charge < -0.3 is 4.84 Å². The lowest BCUT2D eigenvalue weighted by Gasteiger charge is -2.12. The fourth-order valence-electron chi connectivity index (χ4n) is 1.25. The van der Waals surface area contributed by atoms with Gasteiger partial charge in [0.2, 0.25) is 5.88 Å². The molecular formula is C10H10N2O2. The molecule has 4 heteroatoms. The summed E-state index contributed by atoms with van der Waals surface area (Å²) in [6, 6.07) is 0. The second kappa shape index (κ2) is 3.14. The minimum absolute atomic E-state index is 0.0562. The number of allylic oxidation sites excluding steroid dienone is 5. The van der Waals surface area contributed by atoms with Gasteiger partial charge in [-0.3, -0.25) is 9.69 Å². The quantitative estimate of drug-likeness (QED) is 0.539. The topological polar surface area (TPSA) is 41.9 Å². The van der Waals surface area contributed by atoms with Crippen molar-refractivity contribution >= 4 is 11.6 Å². The Bertz CT molecular complexity index is 402. The largest absolute Gasteiger partial charge is 0.336 e. The summed E-state index contributed by atoms with van der Waals surface area (Å²) in [4.78, 5) is 18.3. The third kappa shape index (κ3) is 1.25. The smallest absolute Gasteiger partial charge is 0.242 e. The second-order valence-electron chi connectivity index (χ2n) is 3.09. The molecule has 0 aromatic heterocycles. The van der Waals surface area contributed by atoms with Gasteiger partial charge in [-0.25, -0.2) is 0 Å². The minimum Gasteiger partial charge on any atom is -0.336 e. The van der Waals surface area contributed by atoms with E-state index in [4.69, 9.17) is 4.84 Å². The first kappa shape index (κ1) is 8.74. The highest BCUT2D eigenvalue weighted by molar-refractivity contribution is 6.08. The average molecular weight is 190 g/mol. The zero-order valence-electron chi connectivity index (χ0n) is 8.02. The fraction of sp³-hybridized carbons (Fsp3) is 0.200. The molecule has 0 saturated carbocycles. The summed E-state index contributed by atoms with van der Waals surface area (Å²) in [5.41, 5.74) is 0.538.